The van der Waals surface area contributed by atoms with Crippen molar-refractivity contribution >= 4 is 38.6 Å². The average molecular weight is 356 g/mol. The van der Waals surface area contributed by atoms with Gasteiger partial charge in [-0.25, -0.2) is 0 Å². The molecule has 0 aliphatic heterocycles. The van der Waals surface area contributed by atoms with E-state index >= 15 is 0 Å². The van der Waals surface area contributed by atoms with E-state index in [1.807, 2.05) is 22.7 Å². The maximum atomic E-state index is 3.70. The van der Waals surface area contributed by atoms with Crippen molar-refractivity contribution in [3.8, 4) is 0 Å². The van der Waals surface area contributed by atoms with Crippen LogP contribution < -0.4 is 5.32 Å². The van der Waals surface area contributed by atoms with Crippen molar-refractivity contribution in [1.82, 2.24) is 5.32 Å². The molecule has 0 bridgehead atoms. The first-order valence-electron chi connectivity index (χ1n) is 6.88. The molecule has 2 heterocycles. The summed E-state index contributed by atoms with van der Waals surface area (Å²) in [6.07, 6.45) is 5.09. The van der Waals surface area contributed by atoms with Crippen molar-refractivity contribution in [3.63, 3.8) is 0 Å². The molecule has 1 N–H and O–H groups in total. The normalized spacial score (nSPS) is 15.7. The number of rotatable bonds is 5. The van der Waals surface area contributed by atoms with Crippen LogP contribution in [0.1, 0.15) is 46.0 Å². The Morgan fingerprint density at radius 1 is 1.26 bits per heavy atom. The number of thiophene rings is 2. The molecule has 1 atom stereocenters. The number of nitrogens with one attached hydrogen (secondary N) is 1. The van der Waals surface area contributed by atoms with E-state index in [1.165, 1.54) is 39.2 Å². The Labute approximate surface area is 131 Å². The lowest BCUT2D eigenvalue weighted by Crippen LogP contribution is -2.21. The lowest BCUT2D eigenvalue weighted by molar-refractivity contribution is 0.613. The fourth-order valence-electron chi connectivity index (χ4n) is 2.61. The zero-order valence-corrected chi connectivity index (χ0v) is 14.3. The highest BCUT2D eigenvalue weighted by Gasteiger charge is 2.22. The second-order valence-corrected chi connectivity index (χ2v) is 8.64. The van der Waals surface area contributed by atoms with Crippen molar-refractivity contribution in [2.24, 2.45) is 0 Å². The third-order valence-corrected chi connectivity index (χ3v) is 6.52. The summed E-state index contributed by atoms with van der Waals surface area (Å²) in [5.74, 6) is 0. The zero-order chi connectivity index (χ0) is 13.2. The Hall–Kier alpha value is -0.160. The summed E-state index contributed by atoms with van der Waals surface area (Å²) < 4.78 is 1.22. The first kappa shape index (κ1) is 13.8. The van der Waals surface area contributed by atoms with Crippen molar-refractivity contribution in [3.05, 3.63) is 42.2 Å². The SMILES string of the molecule is CCCNC(c1ccc(Br)s1)c1cc2c(s1)CCC2. The molecule has 2 aromatic heterocycles. The Kier molecular flexibility index (Phi) is 4.42. The number of hydrogen-bond donors (Lipinski definition) is 1. The monoisotopic (exact) mass is 355 g/mol. The Balaban J connectivity index is 1.89. The fraction of sp³-hybridized carbons (Fsp3) is 0.467. The summed E-state index contributed by atoms with van der Waals surface area (Å²) in [4.78, 5) is 4.53. The van der Waals surface area contributed by atoms with E-state index in [-0.39, 0.29) is 0 Å². The van der Waals surface area contributed by atoms with Crippen LogP contribution in [0.2, 0.25) is 0 Å². The maximum Gasteiger partial charge on any atom is 0.0765 e. The van der Waals surface area contributed by atoms with Gasteiger partial charge in [0.2, 0.25) is 0 Å². The standard InChI is InChI=1S/C15H18BrNS2/c1-2-8-17-15(12-6-7-14(16)19-12)13-9-10-4-3-5-11(10)18-13/h6-7,9,15,17H,2-5,8H2,1H3. The van der Waals surface area contributed by atoms with Gasteiger partial charge in [0, 0.05) is 14.6 Å². The smallest absolute Gasteiger partial charge is 0.0765 e. The van der Waals surface area contributed by atoms with Crippen LogP contribution in [0.5, 0.6) is 0 Å². The molecule has 0 saturated heterocycles. The van der Waals surface area contributed by atoms with E-state index in [0.29, 0.717) is 6.04 Å². The van der Waals surface area contributed by atoms with Gasteiger partial charge in [-0.3, -0.25) is 0 Å². The highest BCUT2D eigenvalue weighted by atomic mass is 79.9. The topological polar surface area (TPSA) is 12.0 Å². The largest absolute Gasteiger partial charge is 0.305 e. The van der Waals surface area contributed by atoms with E-state index in [9.17, 15) is 0 Å². The highest BCUT2D eigenvalue weighted by Crippen LogP contribution is 2.38. The molecule has 0 saturated carbocycles. The van der Waals surface area contributed by atoms with Crippen LogP contribution in [-0.2, 0) is 12.8 Å². The van der Waals surface area contributed by atoms with Crippen LogP contribution in [0.15, 0.2) is 22.0 Å². The van der Waals surface area contributed by atoms with Gasteiger partial charge in [-0.1, -0.05) is 6.92 Å². The molecule has 4 heteroatoms. The second-order valence-electron chi connectivity index (χ2n) is 4.98. The van der Waals surface area contributed by atoms with Crippen LogP contribution in [0, 0.1) is 0 Å². The predicted molar refractivity (Wildman–Crippen MR) is 88.5 cm³/mol. The molecule has 0 fully saturated rings. The number of fused-ring (bicyclic) bond motifs is 1. The van der Waals surface area contributed by atoms with E-state index in [0.717, 1.165) is 6.54 Å². The van der Waals surface area contributed by atoms with E-state index in [1.54, 1.807) is 10.4 Å². The van der Waals surface area contributed by atoms with Gasteiger partial charge >= 0.3 is 0 Å². The second kappa shape index (κ2) is 6.08. The third kappa shape index (κ3) is 2.97. The number of halogens is 1. The molecule has 0 radical (unpaired) electrons. The third-order valence-electron chi connectivity index (χ3n) is 3.53. The van der Waals surface area contributed by atoms with Gasteiger partial charge in [0.05, 0.1) is 9.83 Å². The summed E-state index contributed by atoms with van der Waals surface area (Å²) in [7, 11) is 0. The molecular weight excluding hydrogens is 338 g/mol. The van der Waals surface area contributed by atoms with Gasteiger partial charge in [0.1, 0.15) is 0 Å². The Bertz CT molecular complexity index is 537. The van der Waals surface area contributed by atoms with Gasteiger partial charge < -0.3 is 5.32 Å². The van der Waals surface area contributed by atoms with E-state index in [4.69, 9.17) is 0 Å². The first-order chi connectivity index (χ1) is 9.28. The summed E-state index contributed by atoms with van der Waals surface area (Å²) in [6, 6.07) is 7.22. The summed E-state index contributed by atoms with van der Waals surface area (Å²) in [5.41, 5.74) is 1.60. The predicted octanol–water partition coefficient (Wildman–Crippen LogP) is 5.15. The minimum Gasteiger partial charge on any atom is -0.305 e. The molecule has 1 nitrogen and oxygen atoms in total. The zero-order valence-electron chi connectivity index (χ0n) is 11.0. The van der Waals surface area contributed by atoms with E-state index in [2.05, 4.69) is 46.4 Å². The minimum absolute atomic E-state index is 0.381. The number of aryl methyl sites for hydroxylation is 2. The summed E-state index contributed by atoms with van der Waals surface area (Å²) in [5, 5.41) is 3.70. The Morgan fingerprint density at radius 2 is 2.16 bits per heavy atom. The molecular formula is C15H18BrNS2. The van der Waals surface area contributed by atoms with Crippen molar-refractivity contribution < 1.29 is 0 Å². The van der Waals surface area contributed by atoms with Gasteiger partial charge in [-0.2, -0.15) is 0 Å². The van der Waals surface area contributed by atoms with Crippen LogP contribution >= 0.6 is 38.6 Å². The molecule has 102 valence electrons. The minimum atomic E-state index is 0.381. The van der Waals surface area contributed by atoms with Crippen molar-refractivity contribution in [2.75, 3.05) is 6.54 Å². The fourth-order valence-corrected chi connectivity index (χ4v) is 5.55. The first-order valence-corrected chi connectivity index (χ1v) is 9.30. The summed E-state index contributed by atoms with van der Waals surface area (Å²) >= 11 is 7.44. The molecule has 0 spiro atoms. The lowest BCUT2D eigenvalue weighted by Gasteiger charge is -2.15. The van der Waals surface area contributed by atoms with Crippen LogP contribution in [-0.4, -0.2) is 6.54 Å². The highest BCUT2D eigenvalue weighted by molar-refractivity contribution is 9.11. The molecule has 1 aliphatic rings. The van der Waals surface area contributed by atoms with Crippen molar-refractivity contribution in [2.45, 2.75) is 38.6 Å². The van der Waals surface area contributed by atoms with Crippen LogP contribution in [0.4, 0.5) is 0 Å². The molecule has 19 heavy (non-hydrogen) atoms. The maximum absolute atomic E-state index is 3.70. The van der Waals surface area contributed by atoms with Gasteiger partial charge in [-0.15, -0.1) is 22.7 Å². The van der Waals surface area contributed by atoms with Crippen molar-refractivity contribution in [1.29, 1.82) is 0 Å². The Morgan fingerprint density at radius 3 is 2.84 bits per heavy atom. The summed E-state index contributed by atoms with van der Waals surface area (Å²) in [6.45, 7) is 3.30. The van der Waals surface area contributed by atoms with Gasteiger partial charge in [0.15, 0.2) is 0 Å². The van der Waals surface area contributed by atoms with Crippen LogP contribution in [0.3, 0.4) is 0 Å². The number of hydrogen-bond acceptors (Lipinski definition) is 3. The molecule has 0 aromatic carbocycles. The van der Waals surface area contributed by atoms with Crippen LogP contribution in [0.25, 0.3) is 0 Å². The van der Waals surface area contributed by atoms with Gasteiger partial charge in [0.25, 0.3) is 0 Å². The van der Waals surface area contributed by atoms with Gasteiger partial charge in [-0.05, 0) is 71.9 Å². The molecule has 1 aliphatic carbocycles. The van der Waals surface area contributed by atoms with E-state index < -0.39 is 0 Å². The average Bonchev–Trinajstić information content (AvgIpc) is 3.05. The quantitative estimate of drug-likeness (QED) is 0.781. The lowest BCUT2D eigenvalue weighted by atomic mass is 10.1. The molecule has 1 unspecified atom stereocenters. The molecule has 3 rings (SSSR count). The molecule has 0 amide bonds. The molecule has 2 aromatic rings.